The zero-order chi connectivity index (χ0) is 15.5. The van der Waals surface area contributed by atoms with E-state index in [9.17, 15) is 8.42 Å². The van der Waals surface area contributed by atoms with Gasteiger partial charge in [0, 0.05) is 0 Å². The van der Waals surface area contributed by atoms with Gasteiger partial charge in [-0.1, -0.05) is 31.2 Å². The van der Waals surface area contributed by atoms with Crippen LogP contribution in [0.3, 0.4) is 0 Å². The first-order chi connectivity index (χ1) is 9.94. The predicted octanol–water partition coefficient (Wildman–Crippen LogP) is 1.75. The Balaban J connectivity index is 2.16. The third kappa shape index (κ3) is 3.64. The van der Waals surface area contributed by atoms with Gasteiger partial charge in [0.2, 0.25) is 10.0 Å². The lowest BCUT2D eigenvalue weighted by Crippen LogP contribution is -2.27. The van der Waals surface area contributed by atoms with E-state index < -0.39 is 16.1 Å². The number of rotatable bonds is 6. The highest BCUT2D eigenvalue weighted by molar-refractivity contribution is 7.89. The van der Waals surface area contributed by atoms with Gasteiger partial charge in [-0.2, -0.15) is 5.21 Å². The van der Waals surface area contributed by atoms with E-state index in [1.54, 1.807) is 19.1 Å². The van der Waals surface area contributed by atoms with E-state index in [2.05, 4.69) is 39.2 Å². The summed E-state index contributed by atoms with van der Waals surface area (Å²) in [6.45, 7) is 5.87. The topological polar surface area (TPSA) is 101 Å². The fraction of sp³-hybridized carbons (Fsp3) is 0.462. The number of aromatic amines is 1. The van der Waals surface area contributed by atoms with Gasteiger partial charge in [-0.25, -0.2) is 13.1 Å². The number of tetrazole rings is 1. The molecule has 0 radical (unpaired) electrons. The molecule has 0 saturated heterocycles. The fourth-order valence-electron chi connectivity index (χ4n) is 1.92. The minimum absolute atomic E-state index is 0.227. The Kier molecular flexibility index (Phi) is 4.69. The monoisotopic (exact) mass is 309 g/mol. The summed E-state index contributed by atoms with van der Waals surface area (Å²) in [5, 5.41) is 13.2. The number of hydrogen-bond acceptors (Lipinski definition) is 5. The number of aromatic nitrogens is 4. The summed E-state index contributed by atoms with van der Waals surface area (Å²) < 4.78 is 27.1. The molecule has 2 N–H and O–H groups in total. The molecule has 8 heteroatoms. The molecule has 7 nitrogen and oxygen atoms in total. The fourth-order valence-corrected chi connectivity index (χ4v) is 3.12. The Hall–Kier alpha value is -1.80. The van der Waals surface area contributed by atoms with Crippen molar-refractivity contribution >= 4 is 10.0 Å². The van der Waals surface area contributed by atoms with Gasteiger partial charge in [-0.3, -0.25) is 0 Å². The second-order valence-corrected chi connectivity index (χ2v) is 6.71. The minimum atomic E-state index is -3.61. The largest absolute Gasteiger partial charge is 0.241 e. The molecule has 21 heavy (non-hydrogen) atoms. The number of H-pyrrole nitrogens is 1. The second kappa shape index (κ2) is 6.31. The number of hydrogen-bond donors (Lipinski definition) is 2. The Bertz CT molecular complexity index is 667. The van der Waals surface area contributed by atoms with Crippen LogP contribution in [0, 0.1) is 0 Å². The summed E-state index contributed by atoms with van der Waals surface area (Å²) in [7, 11) is -3.61. The van der Waals surface area contributed by atoms with Crippen molar-refractivity contribution in [1.29, 1.82) is 0 Å². The predicted molar refractivity (Wildman–Crippen MR) is 78.1 cm³/mol. The highest BCUT2D eigenvalue weighted by Crippen LogP contribution is 2.21. The number of nitrogens with one attached hydrogen (secondary N) is 2. The highest BCUT2D eigenvalue weighted by atomic mass is 32.2. The first kappa shape index (κ1) is 15.6. The van der Waals surface area contributed by atoms with Crippen LogP contribution in [0.15, 0.2) is 29.2 Å². The third-order valence-electron chi connectivity index (χ3n) is 3.45. The van der Waals surface area contributed by atoms with Gasteiger partial charge in [-0.05, 0) is 37.0 Å². The molecular weight excluding hydrogens is 290 g/mol. The molecule has 0 amide bonds. The molecule has 0 aliphatic heterocycles. The van der Waals surface area contributed by atoms with Crippen LogP contribution >= 0.6 is 0 Å². The van der Waals surface area contributed by atoms with E-state index in [0.29, 0.717) is 11.7 Å². The lowest BCUT2D eigenvalue weighted by molar-refractivity contribution is 0.560. The first-order valence-corrected chi connectivity index (χ1v) is 8.28. The standard InChI is InChI=1S/C13H19N5O2S/c1-4-9(2)11-5-7-12(8-6-11)21(19,20)16-10(3)13-14-17-18-15-13/h5-10,16H,4H2,1-3H3,(H,14,15,17,18). The summed E-state index contributed by atoms with van der Waals surface area (Å²) in [6.07, 6.45) is 1.01. The van der Waals surface area contributed by atoms with Gasteiger partial charge in [-0.15, -0.1) is 10.2 Å². The van der Waals surface area contributed by atoms with E-state index in [0.717, 1.165) is 12.0 Å². The zero-order valence-corrected chi connectivity index (χ0v) is 13.1. The quantitative estimate of drug-likeness (QED) is 0.846. The van der Waals surface area contributed by atoms with Crippen molar-refractivity contribution in [3.05, 3.63) is 35.7 Å². The van der Waals surface area contributed by atoms with Gasteiger partial charge < -0.3 is 0 Å². The van der Waals surface area contributed by atoms with Gasteiger partial charge in [0.1, 0.15) is 0 Å². The van der Waals surface area contributed by atoms with E-state index in [4.69, 9.17) is 0 Å². The highest BCUT2D eigenvalue weighted by Gasteiger charge is 2.20. The summed E-state index contributed by atoms with van der Waals surface area (Å²) >= 11 is 0. The first-order valence-electron chi connectivity index (χ1n) is 6.79. The Morgan fingerprint density at radius 3 is 2.43 bits per heavy atom. The zero-order valence-electron chi connectivity index (χ0n) is 12.2. The maximum atomic E-state index is 12.3. The molecule has 2 aromatic rings. The molecule has 0 fully saturated rings. The van der Waals surface area contributed by atoms with Crippen LogP contribution in [0.4, 0.5) is 0 Å². The van der Waals surface area contributed by atoms with Crippen LogP contribution in [-0.2, 0) is 10.0 Å². The Labute approximate surface area is 124 Å². The van der Waals surface area contributed by atoms with E-state index in [1.807, 2.05) is 12.1 Å². The maximum absolute atomic E-state index is 12.3. The lowest BCUT2D eigenvalue weighted by atomic mass is 9.99. The van der Waals surface area contributed by atoms with E-state index >= 15 is 0 Å². The van der Waals surface area contributed by atoms with Crippen molar-refractivity contribution < 1.29 is 8.42 Å². The van der Waals surface area contributed by atoms with Crippen molar-refractivity contribution in [2.45, 2.75) is 44.0 Å². The van der Waals surface area contributed by atoms with E-state index in [1.165, 1.54) is 0 Å². The average Bonchev–Trinajstić information content (AvgIpc) is 3.00. The smallest absolute Gasteiger partial charge is 0.207 e. The average molecular weight is 309 g/mol. The van der Waals surface area contributed by atoms with Crippen molar-refractivity contribution in [2.24, 2.45) is 0 Å². The molecule has 0 bridgehead atoms. The van der Waals surface area contributed by atoms with Crippen LogP contribution in [0.25, 0.3) is 0 Å². The molecular formula is C13H19N5O2S. The molecule has 1 heterocycles. The summed E-state index contributed by atoms with van der Waals surface area (Å²) in [5.74, 6) is 0.711. The molecule has 1 aromatic carbocycles. The maximum Gasteiger partial charge on any atom is 0.241 e. The van der Waals surface area contributed by atoms with Crippen LogP contribution in [0.5, 0.6) is 0 Å². The van der Waals surface area contributed by atoms with Crippen LogP contribution in [0.2, 0.25) is 0 Å². The molecule has 0 aliphatic rings. The molecule has 2 rings (SSSR count). The van der Waals surface area contributed by atoms with Crippen LogP contribution in [-0.4, -0.2) is 29.0 Å². The Morgan fingerprint density at radius 2 is 1.90 bits per heavy atom. The SMILES string of the molecule is CCC(C)c1ccc(S(=O)(=O)NC(C)c2nn[nH]n2)cc1. The number of sulfonamides is 1. The van der Waals surface area contributed by atoms with Gasteiger partial charge in [0.05, 0.1) is 10.9 Å². The van der Waals surface area contributed by atoms with E-state index in [-0.39, 0.29) is 4.90 Å². The third-order valence-corrected chi connectivity index (χ3v) is 5.01. The molecule has 0 spiro atoms. The summed E-state index contributed by atoms with van der Waals surface area (Å²) in [5.41, 5.74) is 1.13. The van der Waals surface area contributed by atoms with Gasteiger partial charge in [0.25, 0.3) is 0 Å². The summed E-state index contributed by atoms with van der Waals surface area (Å²) in [6, 6.07) is 6.38. The van der Waals surface area contributed by atoms with Gasteiger partial charge in [0.15, 0.2) is 5.82 Å². The van der Waals surface area contributed by atoms with Crippen molar-refractivity contribution in [3.8, 4) is 0 Å². The molecule has 0 aliphatic carbocycles. The Morgan fingerprint density at radius 1 is 1.24 bits per heavy atom. The van der Waals surface area contributed by atoms with Gasteiger partial charge >= 0.3 is 0 Å². The van der Waals surface area contributed by atoms with Crippen LogP contribution in [0.1, 0.15) is 50.5 Å². The number of nitrogens with zero attached hydrogens (tertiary/aromatic N) is 3. The van der Waals surface area contributed by atoms with Crippen molar-refractivity contribution in [3.63, 3.8) is 0 Å². The molecule has 2 unspecified atom stereocenters. The van der Waals surface area contributed by atoms with Crippen molar-refractivity contribution in [1.82, 2.24) is 25.3 Å². The van der Waals surface area contributed by atoms with Crippen LogP contribution < -0.4 is 4.72 Å². The molecule has 2 atom stereocenters. The minimum Gasteiger partial charge on any atom is -0.207 e. The normalized spacial score (nSPS) is 14.8. The summed E-state index contributed by atoms with van der Waals surface area (Å²) in [4.78, 5) is 0.227. The molecule has 1 aromatic heterocycles. The number of benzene rings is 1. The lowest BCUT2D eigenvalue weighted by Gasteiger charge is -2.13. The second-order valence-electron chi connectivity index (χ2n) is 4.99. The molecule has 114 valence electrons. The molecule has 0 saturated carbocycles. The van der Waals surface area contributed by atoms with Crippen molar-refractivity contribution in [2.75, 3.05) is 0 Å².